The lowest BCUT2D eigenvalue weighted by molar-refractivity contribution is 0.102. The minimum Gasteiger partial charge on any atom is -0.507 e. The van der Waals surface area contributed by atoms with E-state index < -0.39 is 0 Å². The van der Waals surface area contributed by atoms with Crippen LogP contribution in [-0.2, 0) is 13.0 Å². The van der Waals surface area contributed by atoms with E-state index in [0.717, 1.165) is 25.2 Å². The van der Waals surface area contributed by atoms with Gasteiger partial charge in [-0.1, -0.05) is 12.1 Å². The van der Waals surface area contributed by atoms with Crippen LogP contribution in [0.2, 0.25) is 0 Å². The molecule has 1 amide bonds. The van der Waals surface area contributed by atoms with Crippen LogP contribution in [0.5, 0.6) is 5.75 Å². The largest absolute Gasteiger partial charge is 0.507 e. The summed E-state index contributed by atoms with van der Waals surface area (Å²) < 4.78 is 0. The van der Waals surface area contributed by atoms with Crippen LogP contribution in [0, 0.1) is 0 Å². The fourth-order valence-corrected chi connectivity index (χ4v) is 2.98. The number of hydrogen-bond donors (Lipinski definition) is 3. The molecule has 0 spiro atoms. The maximum Gasteiger partial charge on any atom is 0.261 e. The molecular weight excluding hydrogens is 262 g/mol. The second-order valence-corrected chi connectivity index (χ2v) is 5.37. The van der Waals surface area contributed by atoms with Gasteiger partial charge in [-0.25, -0.2) is 4.98 Å². The molecule has 0 bridgehead atoms. The van der Waals surface area contributed by atoms with Crippen molar-refractivity contribution in [1.82, 2.24) is 10.3 Å². The summed E-state index contributed by atoms with van der Waals surface area (Å²) in [7, 11) is 0. The molecule has 0 fully saturated rings. The monoisotopic (exact) mass is 275 g/mol. The number of fused-ring (bicyclic) bond motifs is 1. The van der Waals surface area contributed by atoms with E-state index in [1.165, 1.54) is 22.3 Å². The van der Waals surface area contributed by atoms with Crippen LogP contribution in [0.4, 0.5) is 5.13 Å². The number of nitrogens with one attached hydrogen (secondary N) is 2. The lowest BCUT2D eigenvalue weighted by atomic mass is 10.2. The Labute approximate surface area is 114 Å². The molecule has 1 aliphatic rings. The third-order valence-corrected chi connectivity index (χ3v) is 3.98. The summed E-state index contributed by atoms with van der Waals surface area (Å²) >= 11 is 1.48. The number of carbonyl (C=O) groups excluding carboxylic acids is 1. The van der Waals surface area contributed by atoms with Crippen LogP contribution in [0.25, 0.3) is 0 Å². The highest BCUT2D eigenvalue weighted by Gasteiger charge is 2.17. The number of phenolic OH excluding ortho intramolecular Hbond substituents is 1. The molecule has 0 aliphatic carbocycles. The molecule has 0 saturated heterocycles. The normalized spacial score (nSPS) is 13.9. The number of hydrogen-bond acceptors (Lipinski definition) is 5. The number of thiazole rings is 1. The van der Waals surface area contributed by atoms with Gasteiger partial charge in [0.15, 0.2) is 5.13 Å². The Morgan fingerprint density at radius 3 is 3.05 bits per heavy atom. The van der Waals surface area contributed by atoms with Crippen molar-refractivity contribution in [3.63, 3.8) is 0 Å². The molecule has 1 aromatic heterocycles. The minimum atomic E-state index is -0.336. The Balaban J connectivity index is 1.80. The number of anilines is 1. The van der Waals surface area contributed by atoms with Crippen molar-refractivity contribution in [1.29, 1.82) is 0 Å². The average Bonchev–Trinajstić information content (AvgIpc) is 2.81. The Bertz CT molecular complexity index is 601. The molecule has 5 nitrogen and oxygen atoms in total. The zero-order valence-corrected chi connectivity index (χ0v) is 11.0. The van der Waals surface area contributed by atoms with E-state index in [1.807, 2.05) is 0 Å². The first-order chi connectivity index (χ1) is 9.24. The van der Waals surface area contributed by atoms with E-state index in [-0.39, 0.29) is 17.2 Å². The molecule has 0 atom stereocenters. The van der Waals surface area contributed by atoms with E-state index in [1.54, 1.807) is 18.2 Å². The topological polar surface area (TPSA) is 74.2 Å². The molecule has 2 heterocycles. The summed E-state index contributed by atoms with van der Waals surface area (Å²) in [4.78, 5) is 17.6. The Morgan fingerprint density at radius 2 is 2.26 bits per heavy atom. The zero-order chi connectivity index (χ0) is 13.2. The highest BCUT2D eigenvalue weighted by molar-refractivity contribution is 7.15. The molecule has 2 aromatic rings. The van der Waals surface area contributed by atoms with Crippen LogP contribution in [0.1, 0.15) is 20.9 Å². The summed E-state index contributed by atoms with van der Waals surface area (Å²) in [5.74, 6) is -0.361. The van der Waals surface area contributed by atoms with Crippen LogP contribution < -0.4 is 10.6 Å². The van der Waals surface area contributed by atoms with Crippen molar-refractivity contribution < 1.29 is 9.90 Å². The second-order valence-electron chi connectivity index (χ2n) is 4.29. The second kappa shape index (κ2) is 4.99. The van der Waals surface area contributed by atoms with Gasteiger partial charge in [0.25, 0.3) is 5.91 Å². The van der Waals surface area contributed by atoms with E-state index in [4.69, 9.17) is 0 Å². The first kappa shape index (κ1) is 12.1. The molecule has 0 saturated carbocycles. The molecule has 6 heteroatoms. The van der Waals surface area contributed by atoms with E-state index in [2.05, 4.69) is 15.6 Å². The number of nitrogens with zero attached hydrogens (tertiary/aromatic N) is 1. The van der Waals surface area contributed by atoms with Gasteiger partial charge in [0.05, 0.1) is 11.3 Å². The molecule has 19 heavy (non-hydrogen) atoms. The molecule has 1 aliphatic heterocycles. The first-order valence-electron chi connectivity index (χ1n) is 6.02. The maximum atomic E-state index is 12.0. The number of aromatic hydroxyl groups is 1. The van der Waals surface area contributed by atoms with E-state index >= 15 is 0 Å². The van der Waals surface area contributed by atoms with Crippen molar-refractivity contribution >= 4 is 22.4 Å². The van der Waals surface area contributed by atoms with Crippen molar-refractivity contribution in [2.45, 2.75) is 13.0 Å². The van der Waals surface area contributed by atoms with Gasteiger partial charge in [-0.2, -0.15) is 0 Å². The summed E-state index contributed by atoms with van der Waals surface area (Å²) in [5.41, 5.74) is 1.31. The van der Waals surface area contributed by atoms with E-state index in [0.29, 0.717) is 5.13 Å². The van der Waals surface area contributed by atoms with Crippen molar-refractivity contribution in [2.75, 3.05) is 11.9 Å². The number of amides is 1. The summed E-state index contributed by atoms with van der Waals surface area (Å²) in [6.07, 6.45) is 0.887. The van der Waals surface area contributed by atoms with Crippen LogP contribution in [-0.4, -0.2) is 22.5 Å². The van der Waals surface area contributed by atoms with Crippen LogP contribution >= 0.6 is 11.3 Å². The highest BCUT2D eigenvalue weighted by Crippen LogP contribution is 2.26. The maximum absolute atomic E-state index is 12.0. The van der Waals surface area contributed by atoms with Gasteiger partial charge in [-0.15, -0.1) is 11.3 Å². The van der Waals surface area contributed by atoms with Crippen LogP contribution in [0.3, 0.4) is 0 Å². The summed E-state index contributed by atoms with van der Waals surface area (Å²) in [6.45, 7) is 1.73. The van der Waals surface area contributed by atoms with Crippen molar-refractivity contribution in [3.05, 3.63) is 40.4 Å². The summed E-state index contributed by atoms with van der Waals surface area (Å²) in [5, 5.41) is 16.2. The van der Waals surface area contributed by atoms with Gasteiger partial charge >= 0.3 is 0 Å². The third kappa shape index (κ3) is 2.45. The minimum absolute atomic E-state index is 0.0250. The Morgan fingerprint density at radius 1 is 1.42 bits per heavy atom. The quantitative estimate of drug-likeness (QED) is 0.780. The van der Waals surface area contributed by atoms with E-state index in [9.17, 15) is 9.90 Å². The molecule has 0 radical (unpaired) electrons. The SMILES string of the molecule is O=C(Nc1nc2c(s1)CNCC2)c1ccccc1O. The fraction of sp³-hybridized carbons (Fsp3) is 0.231. The van der Waals surface area contributed by atoms with Gasteiger partial charge in [-0.3, -0.25) is 10.1 Å². The fourth-order valence-electron chi connectivity index (χ4n) is 2.01. The number of phenols is 1. The summed E-state index contributed by atoms with van der Waals surface area (Å²) in [6, 6.07) is 6.47. The number of rotatable bonds is 2. The molecule has 0 unspecified atom stereocenters. The molecule has 98 valence electrons. The zero-order valence-electron chi connectivity index (χ0n) is 10.1. The first-order valence-corrected chi connectivity index (χ1v) is 6.84. The number of carbonyl (C=O) groups is 1. The molecular formula is C13H13N3O2S. The van der Waals surface area contributed by atoms with Gasteiger partial charge in [0, 0.05) is 24.4 Å². The number of benzene rings is 1. The standard InChI is InChI=1S/C13H13N3O2S/c17-10-4-2-1-3-8(10)12(18)16-13-15-9-5-6-14-7-11(9)19-13/h1-4,14,17H,5-7H2,(H,15,16,18). The van der Waals surface area contributed by atoms with Gasteiger partial charge in [-0.05, 0) is 12.1 Å². The van der Waals surface area contributed by atoms with Crippen molar-refractivity contribution in [3.8, 4) is 5.75 Å². The van der Waals surface area contributed by atoms with Crippen molar-refractivity contribution in [2.24, 2.45) is 0 Å². The smallest absolute Gasteiger partial charge is 0.261 e. The number of para-hydroxylation sites is 1. The van der Waals surface area contributed by atoms with Gasteiger partial charge in [0.1, 0.15) is 5.75 Å². The number of aromatic nitrogens is 1. The highest BCUT2D eigenvalue weighted by atomic mass is 32.1. The molecule has 3 rings (SSSR count). The van der Waals surface area contributed by atoms with Crippen LogP contribution in [0.15, 0.2) is 24.3 Å². The lowest BCUT2D eigenvalue weighted by Gasteiger charge is -2.09. The van der Waals surface area contributed by atoms with Gasteiger partial charge < -0.3 is 10.4 Å². The third-order valence-electron chi connectivity index (χ3n) is 2.97. The Hall–Kier alpha value is -1.92. The predicted octanol–water partition coefficient (Wildman–Crippen LogP) is 1.75. The van der Waals surface area contributed by atoms with Gasteiger partial charge in [0.2, 0.25) is 0 Å². The molecule has 1 aromatic carbocycles. The predicted molar refractivity (Wildman–Crippen MR) is 73.6 cm³/mol. The lowest BCUT2D eigenvalue weighted by Crippen LogP contribution is -2.22. The average molecular weight is 275 g/mol. The molecule has 3 N–H and O–H groups in total. The Kier molecular flexibility index (Phi) is 3.18.